The Hall–Kier alpha value is -4.97. The lowest BCUT2D eigenvalue weighted by atomic mass is 10.1. The predicted octanol–water partition coefficient (Wildman–Crippen LogP) is 2.72. The van der Waals surface area contributed by atoms with Gasteiger partial charge in [-0.25, -0.2) is 14.2 Å². The first-order chi connectivity index (χ1) is 19.5. The molecule has 5 aromatic rings. The fraction of sp³-hybridized carbons (Fsp3) is 0.250. The van der Waals surface area contributed by atoms with E-state index in [1.54, 1.807) is 16.4 Å². The Morgan fingerprint density at radius 2 is 1.27 bits per heavy atom. The molecule has 0 fully saturated rings. The monoisotopic (exact) mass is 540 g/mol. The smallest absolute Gasteiger partial charge is 0.407 e. The maximum Gasteiger partial charge on any atom is 0.407 e. The maximum absolute atomic E-state index is 11.7. The molecule has 2 heterocycles. The number of alkyl carbamates (subject to hydrolysis) is 1. The minimum absolute atomic E-state index is 0.271. The first-order valence-corrected chi connectivity index (χ1v) is 12.8. The molecule has 12 nitrogen and oxygen atoms in total. The van der Waals surface area contributed by atoms with Crippen molar-refractivity contribution < 1.29 is 9.53 Å². The molecule has 0 unspecified atom stereocenters. The van der Waals surface area contributed by atoms with Crippen LogP contribution in [0.4, 0.5) is 4.79 Å². The van der Waals surface area contributed by atoms with E-state index in [-0.39, 0.29) is 6.61 Å². The zero-order valence-electron chi connectivity index (χ0n) is 22.5. The number of amides is 1. The van der Waals surface area contributed by atoms with Crippen LogP contribution in [0.5, 0.6) is 0 Å². The van der Waals surface area contributed by atoms with Crippen LogP contribution in [0.2, 0.25) is 0 Å². The van der Waals surface area contributed by atoms with E-state index in [4.69, 9.17) is 10.5 Å². The lowest BCUT2D eigenvalue weighted by Crippen LogP contribution is -2.26. The third kappa shape index (κ3) is 8.01. The summed E-state index contributed by atoms with van der Waals surface area (Å²) in [6.45, 7) is 1.45. The maximum atomic E-state index is 11.7. The summed E-state index contributed by atoms with van der Waals surface area (Å²) < 4.78 is 8.45. The Labute approximate surface area is 232 Å². The first kappa shape index (κ1) is 28.0. The van der Waals surface area contributed by atoms with Gasteiger partial charge in [-0.1, -0.05) is 78.9 Å². The van der Waals surface area contributed by atoms with Gasteiger partial charge in [-0.3, -0.25) is 0 Å². The van der Waals surface area contributed by atoms with E-state index in [2.05, 4.69) is 48.5 Å². The molecular weight excluding hydrogens is 508 g/mol. The van der Waals surface area contributed by atoms with Crippen molar-refractivity contribution in [1.29, 1.82) is 0 Å². The van der Waals surface area contributed by atoms with Crippen LogP contribution in [0.1, 0.15) is 16.7 Å². The number of aromatic nitrogens is 8. The van der Waals surface area contributed by atoms with Crippen molar-refractivity contribution in [3.05, 3.63) is 95.6 Å². The highest BCUT2D eigenvalue weighted by atomic mass is 16.5. The van der Waals surface area contributed by atoms with Crippen LogP contribution >= 0.6 is 0 Å². The summed E-state index contributed by atoms with van der Waals surface area (Å²) in [5.74, 6) is 1.49. The largest absolute Gasteiger partial charge is 0.445 e. The molecule has 0 bridgehead atoms. The molecule has 206 valence electrons. The van der Waals surface area contributed by atoms with Gasteiger partial charge in [0.15, 0.2) is 11.6 Å². The van der Waals surface area contributed by atoms with Crippen molar-refractivity contribution in [2.24, 2.45) is 19.8 Å². The van der Waals surface area contributed by atoms with Crippen molar-refractivity contribution in [3.8, 4) is 22.8 Å². The second-order valence-corrected chi connectivity index (χ2v) is 8.92. The van der Waals surface area contributed by atoms with Gasteiger partial charge in [0.05, 0.1) is 0 Å². The molecule has 40 heavy (non-hydrogen) atoms. The second-order valence-electron chi connectivity index (χ2n) is 8.92. The van der Waals surface area contributed by atoms with E-state index in [0.29, 0.717) is 18.9 Å². The number of nitrogens with two attached hydrogens (primary N) is 1. The van der Waals surface area contributed by atoms with Crippen LogP contribution in [0, 0.1) is 0 Å². The van der Waals surface area contributed by atoms with Crippen LogP contribution in [0.25, 0.3) is 22.8 Å². The minimum Gasteiger partial charge on any atom is -0.445 e. The molecular formula is C28H32N10O2. The van der Waals surface area contributed by atoms with E-state index >= 15 is 0 Å². The normalized spacial score (nSPS) is 10.5. The summed E-state index contributed by atoms with van der Waals surface area (Å²) in [4.78, 5) is 11.7. The lowest BCUT2D eigenvalue weighted by Gasteiger charge is -2.07. The number of rotatable bonds is 9. The van der Waals surface area contributed by atoms with E-state index in [0.717, 1.165) is 40.9 Å². The molecule has 2 aromatic heterocycles. The van der Waals surface area contributed by atoms with Gasteiger partial charge < -0.3 is 15.8 Å². The zero-order valence-corrected chi connectivity index (χ0v) is 22.5. The number of hydrogen-bond acceptors (Lipinski definition) is 9. The molecule has 1 amide bonds. The molecule has 0 saturated carbocycles. The van der Waals surface area contributed by atoms with E-state index in [1.807, 2.05) is 73.8 Å². The Morgan fingerprint density at radius 3 is 1.75 bits per heavy atom. The third-order valence-electron chi connectivity index (χ3n) is 5.99. The van der Waals surface area contributed by atoms with Gasteiger partial charge >= 0.3 is 6.09 Å². The topological polar surface area (TPSA) is 152 Å². The average Bonchev–Trinajstić information content (AvgIpc) is 3.61. The van der Waals surface area contributed by atoms with Crippen molar-refractivity contribution in [3.63, 3.8) is 0 Å². The number of carbonyl (C=O) groups excluding carboxylic acids is 1. The molecule has 5 rings (SSSR count). The molecule has 0 atom stereocenters. The van der Waals surface area contributed by atoms with Gasteiger partial charge in [-0.15, -0.1) is 10.2 Å². The zero-order chi connectivity index (χ0) is 28.2. The highest BCUT2D eigenvalue weighted by molar-refractivity contribution is 5.67. The van der Waals surface area contributed by atoms with Crippen molar-refractivity contribution >= 4 is 6.09 Å². The van der Waals surface area contributed by atoms with E-state index < -0.39 is 6.09 Å². The van der Waals surface area contributed by atoms with Crippen LogP contribution in [-0.4, -0.2) is 59.6 Å². The number of carbonyl (C=O) groups is 1. The molecule has 3 aromatic carbocycles. The predicted molar refractivity (Wildman–Crippen MR) is 150 cm³/mol. The number of tetrazole rings is 2. The first-order valence-electron chi connectivity index (χ1n) is 12.8. The van der Waals surface area contributed by atoms with Crippen LogP contribution in [0.15, 0.2) is 78.9 Å². The molecule has 0 radical (unpaired) electrons. The minimum atomic E-state index is -0.411. The van der Waals surface area contributed by atoms with Gasteiger partial charge in [0.2, 0.25) is 0 Å². The summed E-state index contributed by atoms with van der Waals surface area (Å²) in [5.41, 5.74) is 10.8. The van der Waals surface area contributed by atoms with E-state index in [1.165, 1.54) is 5.56 Å². The highest BCUT2D eigenvalue weighted by Gasteiger charge is 2.07. The quantitative estimate of drug-likeness (QED) is 0.287. The third-order valence-corrected chi connectivity index (χ3v) is 5.99. The Balaban J connectivity index is 0.000000210. The fourth-order valence-electron chi connectivity index (χ4n) is 3.84. The van der Waals surface area contributed by atoms with Gasteiger partial charge in [0.1, 0.15) is 6.61 Å². The Morgan fingerprint density at radius 1 is 0.750 bits per heavy atom. The van der Waals surface area contributed by atoms with Gasteiger partial charge in [0, 0.05) is 31.8 Å². The molecule has 3 N–H and O–H groups in total. The second kappa shape index (κ2) is 14.3. The number of hydrogen-bond donors (Lipinski definition) is 2. The molecule has 0 aliphatic carbocycles. The average molecular weight is 541 g/mol. The van der Waals surface area contributed by atoms with Gasteiger partial charge in [-0.2, -0.15) is 0 Å². The highest BCUT2D eigenvalue weighted by Crippen LogP contribution is 2.16. The van der Waals surface area contributed by atoms with Gasteiger partial charge in [-0.05, 0) is 56.9 Å². The molecule has 0 aliphatic rings. The number of ether oxygens (including phenoxy) is 1. The molecule has 0 saturated heterocycles. The Bertz CT molecular complexity index is 1470. The number of benzene rings is 3. The van der Waals surface area contributed by atoms with Gasteiger partial charge in [0.25, 0.3) is 0 Å². The summed E-state index contributed by atoms with van der Waals surface area (Å²) in [6, 6.07) is 25.7. The number of nitrogens with zero attached hydrogens (tertiary/aromatic N) is 8. The van der Waals surface area contributed by atoms with Crippen LogP contribution < -0.4 is 11.1 Å². The number of nitrogens with one attached hydrogen (secondary N) is 1. The number of aryl methyl sites for hydroxylation is 2. The lowest BCUT2D eigenvalue weighted by molar-refractivity contribution is 0.140. The van der Waals surface area contributed by atoms with Crippen LogP contribution in [0.3, 0.4) is 0 Å². The summed E-state index contributed by atoms with van der Waals surface area (Å²) in [6.07, 6.45) is 1.21. The van der Waals surface area contributed by atoms with E-state index in [9.17, 15) is 4.79 Å². The van der Waals surface area contributed by atoms with Crippen molar-refractivity contribution in [2.75, 3.05) is 13.1 Å². The summed E-state index contributed by atoms with van der Waals surface area (Å²) >= 11 is 0. The Kier molecular flexibility index (Phi) is 10.00. The molecule has 12 heteroatoms. The molecule has 0 aliphatic heterocycles. The summed E-state index contributed by atoms with van der Waals surface area (Å²) in [5, 5.41) is 25.5. The standard InChI is InChI=1S/C18H19N5O2.C10H13N5/c1-23-17(20-21-22-23)16-9-7-14(8-10-16)11-12-19-18(24)25-13-15-5-3-2-4-6-15;1-15-10(12-13-14-15)9-4-2-8(3-5-9)6-7-11/h2-10H,11-13H2,1H3,(H,19,24);2-5H,6-7,11H2,1H3. The summed E-state index contributed by atoms with van der Waals surface area (Å²) in [7, 11) is 3.62. The van der Waals surface area contributed by atoms with Crippen LogP contribution in [-0.2, 0) is 38.3 Å². The fourth-order valence-corrected chi connectivity index (χ4v) is 3.84. The van der Waals surface area contributed by atoms with Crippen molar-refractivity contribution in [2.45, 2.75) is 19.4 Å². The SMILES string of the molecule is Cn1nnnc1-c1ccc(CCN)cc1.Cn1nnnc1-c1ccc(CCNC(=O)OCc2ccccc2)cc1. The van der Waals surface area contributed by atoms with Crippen molar-refractivity contribution in [1.82, 2.24) is 45.7 Å². The molecule has 0 spiro atoms.